The van der Waals surface area contributed by atoms with E-state index in [2.05, 4.69) is 20.8 Å². The number of benzene rings is 1. The molecule has 0 spiro atoms. The molecule has 0 saturated heterocycles. The van der Waals surface area contributed by atoms with Crippen molar-refractivity contribution in [2.75, 3.05) is 5.32 Å². The number of fused-ring (bicyclic) bond motifs is 1. The van der Waals surface area contributed by atoms with Crippen LogP contribution >= 0.6 is 11.3 Å². The summed E-state index contributed by atoms with van der Waals surface area (Å²) in [6.07, 6.45) is 2.03. The van der Waals surface area contributed by atoms with Crippen molar-refractivity contribution >= 4 is 22.0 Å². The summed E-state index contributed by atoms with van der Waals surface area (Å²) < 4.78 is 2.10. The third-order valence-corrected chi connectivity index (χ3v) is 3.77. The minimum absolute atomic E-state index is 0.663. The van der Waals surface area contributed by atoms with Gasteiger partial charge in [0.05, 0.1) is 29.6 Å². The van der Waals surface area contributed by atoms with E-state index in [0.717, 1.165) is 22.0 Å². The fourth-order valence-corrected chi connectivity index (χ4v) is 2.82. The summed E-state index contributed by atoms with van der Waals surface area (Å²) in [7, 11) is 0. The van der Waals surface area contributed by atoms with Gasteiger partial charge in [-0.15, -0.1) is 11.3 Å². The Labute approximate surface area is 115 Å². The zero-order chi connectivity index (χ0) is 13.2. The second kappa shape index (κ2) is 4.75. The van der Waals surface area contributed by atoms with Gasteiger partial charge in [-0.1, -0.05) is 6.07 Å². The molecule has 3 aromatic rings. The Bertz CT molecular complexity index is 763. The quantitative estimate of drug-likeness (QED) is 0.793. The minimum atomic E-state index is 0.663. The maximum absolute atomic E-state index is 8.88. The van der Waals surface area contributed by atoms with Gasteiger partial charge < -0.3 is 5.32 Å². The third-order valence-electron chi connectivity index (χ3n) is 3.01. The van der Waals surface area contributed by atoms with Gasteiger partial charge in [-0.2, -0.15) is 5.26 Å². The molecule has 3 rings (SSSR count). The smallest absolute Gasteiger partial charge is 0.194 e. The highest BCUT2D eigenvalue weighted by molar-refractivity contribution is 7.15. The number of thiazole rings is 1. The van der Waals surface area contributed by atoms with Crippen LogP contribution in [0.5, 0.6) is 0 Å². The van der Waals surface area contributed by atoms with Gasteiger partial charge in [0.25, 0.3) is 0 Å². The molecule has 0 aliphatic heterocycles. The first-order chi connectivity index (χ1) is 9.28. The number of anilines is 1. The standard InChI is InChI=1S/C14H12N4S/c1-10-13(18-5-6-19-14(18)17-10)9-16-12-4-2-3-11(7-12)8-15/h2-7,16H,9H2,1H3. The summed E-state index contributed by atoms with van der Waals surface area (Å²) in [4.78, 5) is 5.52. The largest absolute Gasteiger partial charge is 0.379 e. The van der Waals surface area contributed by atoms with E-state index >= 15 is 0 Å². The van der Waals surface area contributed by atoms with Crippen molar-refractivity contribution in [1.82, 2.24) is 9.38 Å². The Hall–Kier alpha value is -2.32. The molecule has 0 saturated carbocycles. The molecule has 0 amide bonds. The van der Waals surface area contributed by atoms with Gasteiger partial charge in [-0.05, 0) is 25.1 Å². The average molecular weight is 268 g/mol. The van der Waals surface area contributed by atoms with E-state index in [1.54, 1.807) is 17.4 Å². The van der Waals surface area contributed by atoms with Crippen molar-refractivity contribution in [3.8, 4) is 6.07 Å². The van der Waals surface area contributed by atoms with Crippen molar-refractivity contribution in [2.24, 2.45) is 0 Å². The predicted octanol–water partition coefficient (Wildman–Crippen LogP) is 3.19. The first kappa shape index (κ1) is 11.8. The molecule has 0 atom stereocenters. The molecule has 5 heteroatoms. The highest BCUT2D eigenvalue weighted by atomic mass is 32.1. The first-order valence-electron chi connectivity index (χ1n) is 5.93. The second-order valence-corrected chi connectivity index (χ2v) is 5.12. The van der Waals surface area contributed by atoms with Crippen LogP contribution in [0.15, 0.2) is 35.8 Å². The number of nitrogens with zero attached hydrogens (tertiary/aromatic N) is 3. The Kier molecular flexibility index (Phi) is 2.94. The highest BCUT2D eigenvalue weighted by Crippen LogP contribution is 2.18. The number of nitrogens with one attached hydrogen (secondary N) is 1. The SMILES string of the molecule is Cc1nc2sccn2c1CNc1cccc(C#N)c1. The number of aromatic nitrogens is 2. The number of nitriles is 1. The molecule has 94 valence electrons. The van der Waals surface area contributed by atoms with Gasteiger partial charge in [-0.3, -0.25) is 4.40 Å². The van der Waals surface area contributed by atoms with E-state index in [1.807, 2.05) is 36.7 Å². The number of imidazole rings is 1. The number of hydrogen-bond donors (Lipinski definition) is 1. The van der Waals surface area contributed by atoms with Crippen LogP contribution in [0.2, 0.25) is 0 Å². The maximum Gasteiger partial charge on any atom is 0.194 e. The van der Waals surface area contributed by atoms with Crippen molar-refractivity contribution in [2.45, 2.75) is 13.5 Å². The molecular formula is C14H12N4S. The molecular weight excluding hydrogens is 256 g/mol. The summed E-state index contributed by atoms with van der Waals surface area (Å²) in [5.41, 5.74) is 3.80. The van der Waals surface area contributed by atoms with Gasteiger partial charge in [0.15, 0.2) is 4.96 Å². The van der Waals surface area contributed by atoms with Crippen LogP contribution < -0.4 is 5.32 Å². The predicted molar refractivity (Wildman–Crippen MR) is 76.3 cm³/mol. The zero-order valence-electron chi connectivity index (χ0n) is 10.4. The number of aryl methyl sites for hydroxylation is 1. The first-order valence-corrected chi connectivity index (χ1v) is 6.81. The lowest BCUT2D eigenvalue weighted by molar-refractivity contribution is 0.994. The molecule has 0 aliphatic carbocycles. The number of rotatable bonds is 3. The highest BCUT2D eigenvalue weighted by Gasteiger charge is 2.08. The third kappa shape index (κ3) is 2.18. The van der Waals surface area contributed by atoms with Crippen LogP contribution in [0.1, 0.15) is 17.0 Å². The van der Waals surface area contributed by atoms with Gasteiger partial charge in [0.1, 0.15) is 0 Å². The molecule has 0 bridgehead atoms. The van der Waals surface area contributed by atoms with E-state index in [0.29, 0.717) is 12.1 Å². The van der Waals surface area contributed by atoms with Crippen LogP contribution in [0.3, 0.4) is 0 Å². The summed E-state index contributed by atoms with van der Waals surface area (Å²) >= 11 is 1.63. The van der Waals surface area contributed by atoms with Crippen molar-refractivity contribution in [3.05, 3.63) is 52.8 Å². The lowest BCUT2D eigenvalue weighted by Gasteiger charge is -2.06. The molecule has 1 aromatic carbocycles. The van der Waals surface area contributed by atoms with Crippen molar-refractivity contribution in [3.63, 3.8) is 0 Å². The monoisotopic (exact) mass is 268 g/mol. The lowest BCUT2D eigenvalue weighted by atomic mass is 10.2. The molecule has 0 unspecified atom stereocenters. The number of hydrogen-bond acceptors (Lipinski definition) is 4. The molecule has 0 fully saturated rings. The Morgan fingerprint density at radius 3 is 3.21 bits per heavy atom. The Morgan fingerprint density at radius 2 is 2.37 bits per heavy atom. The Balaban J connectivity index is 1.84. The lowest BCUT2D eigenvalue weighted by Crippen LogP contribution is -2.03. The molecule has 2 heterocycles. The van der Waals surface area contributed by atoms with E-state index in [9.17, 15) is 0 Å². The summed E-state index contributed by atoms with van der Waals surface area (Å²) in [6, 6.07) is 9.63. The average Bonchev–Trinajstić information content (AvgIpc) is 2.97. The molecule has 0 aliphatic rings. The van der Waals surface area contributed by atoms with Crippen LogP contribution in [-0.2, 0) is 6.54 Å². The van der Waals surface area contributed by atoms with Gasteiger partial charge in [0, 0.05) is 17.3 Å². The normalized spacial score (nSPS) is 10.5. The van der Waals surface area contributed by atoms with E-state index in [-0.39, 0.29) is 0 Å². The van der Waals surface area contributed by atoms with Gasteiger partial charge >= 0.3 is 0 Å². The fourth-order valence-electron chi connectivity index (χ4n) is 2.04. The summed E-state index contributed by atoms with van der Waals surface area (Å²) in [5.74, 6) is 0. The molecule has 1 N–H and O–H groups in total. The van der Waals surface area contributed by atoms with Crippen molar-refractivity contribution in [1.29, 1.82) is 5.26 Å². The van der Waals surface area contributed by atoms with E-state index in [1.165, 1.54) is 0 Å². The summed E-state index contributed by atoms with van der Waals surface area (Å²) in [6.45, 7) is 2.71. The molecule has 2 aromatic heterocycles. The minimum Gasteiger partial charge on any atom is -0.379 e. The molecule has 0 radical (unpaired) electrons. The van der Waals surface area contributed by atoms with Crippen molar-refractivity contribution < 1.29 is 0 Å². The maximum atomic E-state index is 8.88. The van der Waals surface area contributed by atoms with Gasteiger partial charge in [-0.25, -0.2) is 4.98 Å². The summed E-state index contributed by atoms with van der Waals surface area (Å²) in [5, 5.41) is 14.2. The van der Waals surface area contributed by atoms with E-state index < -0.39 is 0 Å². The topological polar surface area (TPSA) is 53.1 Å². The second-order valence-electron chi connectivity index (χ2n) is 4.25. The zero-order valence-corrected chi connectivity index (χ0v) is 11.2. The van der Waals surface area contributed by atoms with Crippen LogP contribution in [-0.4, -0.2) is 9.38 Å². The Morgan fingerprint density at radius 1 is 1.47 bits per heavy atom. The fraction of sp³-hybridized carbons (Fsp3) is 0.143. The van der Waals surface area contributed by atoms with Crippen LogP contribution in [0, 0.1) is 18.3 Å². The van der Waals surface area contributed by atoms with Crippen LogP contribution in [0.25, 0.3) is 4.96 Å². The van der Waals surface area contributed by atoms with E-state index in [4.69, 9.17) is 5.26 Å². The van der Waals surface area contributed by atoms with Gasteiger partial charge in [0.2, 0.25) is 0 Å². The molecule has 4 nitrogen and oxygen atoms in total. The van der Waals surface area contributed by atoms with Crippen LogP contribution in [0.4, 0.5) is 5.69 Å². The molecule has 19 heavy (non-hydrogen) atoms.